The van der Waals surface area contributed by atoms with Gasteiger partial charge < -0.3 is 9.88 Å². The zero-order chi connectivity index (χ0) is 20.5. The van der Waals surface area contributed by atoms with E-state index in [1.807, 2.05) is 74.7 Å². The maximum absolute atomic E-state index is 13.3. The number of hydrogen-bond donors (Lipinski definition) is 1. The summed E-state index contributed by atoms with van der Waals surface area (Å²) in [6, 6.07) is 17.5. The summed E-state index contributed by atoms with van der Waals surface area (Å²) in [6.07, 6.45) is 0. The first kappa shape index (κ1) is 19.2. The molecule has 2 aromatic carbocycles. The predicted octanol–water partition coefficient (Wildman–Crippen LogP) is 5.36. The molecule has 0 aliphatic heterocycles. The number of fused-ring (bicyclic) bond motifs is 1. The lowest BCUT2D eigenvalue weighted by atomic mass is 10.1. The van der Waals surface area contributed by atoms with Crippen molar-refractivity contribution in [3.8, 4) is 0 Å². The van der Waals surface area contributed by atoms with Crippen LogP contribution in [-0.2, 0) is 6.54 Å². The van der Waals surface area contributed by atoms with Crippen molar-refractivity contribution >= 4 is 33.8 Å². The number of nitrogens with one attached hydrogen (secondary N) is 1. The smallest absolute Gasteiger partial charge is 0.268 e. The van der Waals surface area contributed by atoms with E-state index in [0.29, 0.717) is 10.4 Å². The topological polar surface area (TPSA) is 53.2 Å². The first-order chi connectivity index (χ1) is 13.9. The van der Waals surface area contributed by atoms with Crippen molar-refractivity contribution in [2.45, 2.75) is 27.3 Å². The van der Waals surface area contributed by atoms with Crippen molar-refractivity contribution < 1.29 is 4.79 Å². The lowest BCUT2D eigenvalue weighted by Crippen LogP contribution is -2.33. The number of carbonyl (C=O) groups excluding carboxylic acids is 1. The molecule has 1 amide bonds. The number of carbonyl (C=O) groups is 1. The molecule has 4 aromatic rings. The number of anilines is 1. The van der Waals surface area contributed by atoms with E-state index in [1.54, 1.807) is 4.90 Å². The molecule has 2 aromatic heterocycles. The average Bonchev–Trinajstić information content (AvgIpc) is 3.21. The van der Waals surface area contributed by atoms with Crippen LogP contribution in [0.3, 0.4) is 0 Å². The highest BCUT2D eigenvalue weighted by Crippen LogP contribution is 2.26. The predicted molar refractivity (Wildman–Crippen MR) is 120 cm³/mol. The zero-order valence-corrected chi connectivity index (χ0v) is 17.5. The number of amides is 1. The highest BCUT2D eigenvalue weighted by molar-refractivity contribution is 7.12. The van der Waals surface area contributed by atoms with Crippen molar-refractivity contribution in [2.24, 2.45) is 0 Å². The number of nitrogens with zero attached hydrogens (tertiary/aromatic N) is 1. The van der Waals surface area contributed by atoms with Crippen LogP contribution in [0.4, 0.5) is 5.69 Å². The maximum atomic E-state index is 13.3. The molecule has 0 fully saturated rings. The van der Waals surface area contributed by atoms with Gasteiger partial charge in [0.15, 0.2) is 0 Å². The quantitative estimate of drug-likeness (QED) is 0.499. The summed E-state index contributed by atoms with van der Waals surface area (Å²) in [4.78, 5) is 31.3. The van der Waals surface area contributed by atoms with Gasteiger partial charge in [0.1, 0.15) is 0 Å². The molecule has 2 heterocycles. The Morgan fingerprint density at radius 3 is 2.48 bits per heavy atom. The van der Waals surface area contributed by atoms with E-state index < -0.39 is 0 Å². The highest BCUT2D eigenvalue weighted by Gasteiger charge is 2.22. The molecule has 29 heavy (non-hydrogen) atoms. The van der Waals surface area contributed by atoms with E-state index in [0.717, 1.165) is 33.3 Å². The zero-order valence-electron chi connectivity index (χ0n) is 16.7. The summed E-state index contributed by atoms with van der Waals surface area (Å²) in [5.41, 5.74) is 5.26. The second-order valence-electron chi connectivity index (χ2n) is 7.37. The molecule has 0 aliphatic rings. The van der Waals surface area contributed by atoms with Crippen LogP contribution in [-0.4, -0.2) is 10.9 Å². The first-order valence-electron chi connectivity index (χ1n) is 9.47. The Labute approximate surface area is 173 Å². The van der Waals surface area contributed by atoms with Gasteiger partial charge in [0.25, 0.3) is 11.5 Å². The molecule has 4 nitrogen and oxygen atoms in total. The Morgan fingerprint density at radius 1 is 1.00 bits per heavy atom. The minimum atomic E-state index is -0.171. The number of aromatic amines is 1. The number of H-pyrrole nitrogens is 1. The Balaban J connectivity index is 1.81. The molecule has 0 atom stereocenters. The van der Waals surface area contributed by atoms with Crippen LogP contribution in [0.5, 0.6) is 0 Å². The van der Waals surface area contributed by atoms with Gasteiger partial charge >= 0.3 is 0 Å². The van der Waals surface area contributed by atoms with Crippen LogP contribution < -0.4 is 10.5 Å². The van der Waals surface area contributed by atoms with Crippen LogP contribution in [0, 0.1) is 20.8 Å². The molecule has 0 saturated carbocycles. The van der Waals surface area contributed by atoms with E-state index in [1.165, 1.54) is 11.3 Å². The number of hydrogen-bond acceptors (Lipinski definition) is 3. The van der Waals surface area contributed by atoms with E-state index in [4.69, 9.17) is 0 Å². The van der Waals surface area contributed by atoms with Gasteiger partial charge in [0.05, 0.1) is 11.4 Å². The Bertz CT molecular complexity index is 1260. The summed E-state index contributed by atoms with van der Waals surface area (Å²) in [5.74, 6) is -0.101. The molecule has 0 unspecified atom stereocenters. The monoisotopic (exact) mass is 402 g/mol. The average molecular weight is 403 g/mol. The van der Waals surface area contributed by atoms with Crippen molar-refractivity contribution in [2.75, 3.05) is 4.90 Å². The van der Waals surface area contributed by atoms with Gasteiger partial charge in [0, 0.05) is 16.8 Å². The molecule has 0 spiro atoms. The number of aryl methyl sites for hydroxylation is 3. The molecule has 1 N–H and O–H groups in total. The van der Waals surface area contributed by atoms with Crippen LogP contribution in [0.2, 0.25) is 0 Å². The van der Waals surface area contributed by atoms with Crippen molar-refractivity contribution in [1.82, 2.24) is 4.98 Å². The number of rotatable bonds is 4. The van der Waals surface area contributed by atoms with E-state index in [-0.39, 0.29) is 18.0 Å². The molecular weight excluding hydrogens is 380 g/mol. The molecule has 5 heteroatoms. The van der Waals surface area contributed by atoms with Crippen LogP contribution in [0.25, 0.3) is 10.9 Å². The highest BCUT2D eigenvalue weighted by atomic mass is 32.1. The fraction of sp³-hybridized carbons (Fsp3) is 0.167. The number of aromatic nitrogens is 1. The Morgan fingerprint density at radius 2 is 1.76 bits per heavy atom. The summed E-state index contributed by atoms with van der Waals surface area (Å²) < 4.78 is 0. The molecule has 0 aliphatic carbocycles. The first-order valence-corrected chi connectivity index (χ1v) is 10.4. The van der Waals surface area contributed by atoms with Crippen molar-refractivity contribution in [3.63, 3.8) is 0 Å². The minimum absolute atomic E-state index is 0.101. The molecule has 0 radical (unpaired) electrons. The molecule has 146 valence electrons. The fourth-order valence-electron chi connectivity index (χ4n) is 3.57. The molecule has 0 bridgehead atoms. The second-order valence-corrected chi connectivity index (χ2v) is 8.32. The van der Waals surface area contributed by atoms with E-state index >= 15 is 0 Å². The van der Waals surface area contributed by atoms with Crippen molar-refractivity contribution in [1.29, 1.82) is 0 Å². The fourth-order valence-corrected chi connectivity index (χ4v) is 4.24. The lowest BCUT2D eigenvalue weighted by Gasteiger charge is -2.24. The summed E-state index contributed by atoms with van der Waals surface area (Å²) >= 11 is 1.41. The van der Waals surface area contributed by atoms with Crippen LogP contribution in [0.1, 0.15) is 31.9 Å². The maximum Gasteiger partial charge on any atom is 0.268 e. The van der Waals surface area contributed by atoms with Gasteiger partial charge in [-0.2, -0.15) is 0 Å². The third-order valence-electron chi connectivity index (χ3n) is 5.03. The van der Waals surface area contributed by atoms with Gasteiger partial charge in [-0.15, -0.1) is 11.3 Å². The third-order valence-corrected chi connectivity index (χ3v) is 5.88. The normalized spacial score (nSPS) is 11.0. The van der Waals surface area contributed by atoms with Gasteiger partial charge in [-0.1, -0.05) is 35.4 Å². The summed E-state index contributed by atoms with van der Waals surface area (Å²) in [5, 5.41) is 2.85. The second kappa shape index (κ2) is 7.68. The Kier molecular flexibility index (Phi) is 5.07. The standard InChI is InChI=1S/C24H22N2O2S/c1-15-7-9-21(17(3)11-15)26(24(28)22-5-4-10-29-22)14-19-13-18-12-16(2)6-8-20(18)25-23(19)27/h4-13H,14H2,1-3H3,(H,25,27). The van der Waals surface area contributed by atoms with E-state index in [2.05, 4.69) is 11.1 Å². The summed E-state index contributed by atoms with van der Waals surface area (Å²) in [6.45, 7) is 6.25. The van der Waals surface area contributed by atoms with Gasteiger partial charge in [0.2, 0.25) is 0 Å². The Hall–Kier alpha value is -3.18. The molecule has 0 saturated heterocycles. The molecular formula is C24H22N2O2S. The third kappa shape index (κ3) is 3.87. The SMILES string of the molecule is Cc1ccc(N(Cc2cc3cc(C)ccc3[nH]c2=O)C(=O)c2cccs2)c(C)c1. The number of benzene rings is 2. The summed E-state index contributed by atoms with van der Waals surface area (Å²) in [7, 11) is 0. The number of thiophene rings is 1. The van der Waals surface area contributed by atoms with E-state index in [9.17, 15) is 9.59 Å². The van der Waals surface area contributed by atoms with Crippen molar-refractivity contribution in [3.05, 3.63) is 97.5 Å². The van der Waals surface area contributed by atoms with Crippen LogP contribution >= 0.6 is 11.3 Å². The molecule has 4 rings (SSSR count). The van der Waals surface area contributed by atoms with Gasteiger partial charge in [-0.3, -0.25) is 9.59 Å². The lowest BCUT2D eigenvalue weighted by molar-refractivity contribution is 0.0989. The minimum Gasteiger partial charge on any atom is -0.322 e. The number of pyridine rings is 1. The van der Waals surface area contributed by atoms with Gasteiger partial charge in [-0.05, 0) is 67.4 Å². The van der Waals surface area contributed by atoms with Crippen LogP contribution in [0.15, 0.2) is 64.8 Å². The van der Waals surface area contributed by atoms with Gasteiger partial charge in [-0.25, -0.2) is 0 Å². The largest absolute Gasteiger partial charge is 0.322 e.